The predicted molar refractivity (Wildman–Crippen MR) is 106 cm³/mol. The first-order valence-corrected chi connectivity index (χ1v) is 11.6. The van der Waals surface area contributed by atoms with Gasteiger partial charge in [-0.2, -0.15) is 0 Å². The normalized spacial score (nSPS) is 19.8. The minimum atomic E-state index is -3.15. The first-order valence-electron chi connectivity index (χ1n) is 9.95. The van der Waals surface area contributed by atoms with Gasteiger partial charge in [0.05, 0.1) is 5.75 Å². The van der Waals surface area contributed by atoms with Crippen molar-refractivity contribution in [3.8, 4) is 0 Å². The molecule has 2 aliphatic heterocycles. The second-order valence-corrected chi connectivity index (χ2v) is 9.62. The summed E-state index contributed by atoms with van der Waals surface area (Å²) in [5, 5.41) is 3.01. The second kappa shape index (κ2) is 9.01. The molecule has 2 fully saturated rings. The summed E-state index contributed by atoms with van der Waals surface area (Å²) >= 11 is 0. The molecule has 0 saturated carbocycles. The van der Waals surface area contributed by atoms with Gasteiger partial charge in [-0.05, 0) is 56.7 Å². The van der Waals surface area contributed by atoms with Crippen molar-refractivity contribution in [2.75, 3.05) is 36.8 Å². The van der Waals surface area contributed by atoms with E-state index in [0.29, 0.717) is 32.5 Å². The zero-order valence-corrected chi connectivity index (χ0v) is 16.9. The van der Waals surface area contributed by atoms with Crippen LogP contribution in [0, 0.1) is 5.92 Å². The molecule has 1 amide bonds. The summed E-state index contributed by atoms with van der Waals surface area (Å²) in [6.45, 7) is 5.09. The van der Waals surface area contributed by atoms with Gasteiger partial charge in [0.25, 0.3) is 0 Å². The average molecular weight is 395 g/mol. The molecule has 150 valence electrons. The molecule has 2 saturated heterocycles. The lowest BCUT2D eigenvalue weighted by molar-refractivity contribution is -0.126. The SMILES string of the molecule is CCS(=O)(=O)N1CCC(C(=O)NCc2ccnc(N3CCCCC3)c2)CC1. The van der Waals surface area contributed by atoms with Crippen LogP contribution in [-0.4, -0.2) is 55.5 Å². The van der Waals surface area contributed by atoms with Crippen LogP contribution in [0.4, 0.5) is 5.82 Å². The number of carbonyl (C=O) groups excluding carboxylic acids is 1. The van der Waals surface area contributed by atoms with Crippen LogP contribution in [-0.2, 0) is 21.4 Å². The van der Waals surface area contributed by atoms with Gasteiger partial charge >= 0.3 is 0 Å². The van der Waals surface area contributed by atoms with Gasteiger partial charge in [0, 0.05) is 44.8 Å². The van der Waals surface area contributed by atoms with E-state index < -0.39 is 10.0 Å². The molecule has 3 rings (SSSR count). The summed E-state index contributed by atoms with van der Waals surface area (Å²) in [6.07, 6.45) is 6.66. The number of pyridine rings is 1. The van der Waals surface area contributed by atoms with Crippen LogP contribution < -0.4 is 10.2 Å². The Balaban J connectivity index is 1.50. The Kier molecular flexibility index (Phi) is 6.70. The van der Waals surface area contributed by atoms with Crippen LogP contribution in [0.25, 0.3) is 0 Å². The molecule has 1 N–H and O–H groups in total. The number of aromatic nitrogens is 1. The maximum Gasteiger partial charge on any atom is 0.223 e. The van der Waals surface area contributed by atoms with Gasteiger partial charge in [-0.15, -0.1) is 0 Å². The Morgan fingerprint density at radius 2 is 1.89 bits per heavy atom. The van der Waals surface area contributed by atoms with E-state index in [1.54, 1.807) is 13.1 Å². The van der Waals surface area contributed by atoms with E-state index in [-0.39, 0.29) is 17.6 Å². The smallest absolute Gasteiger partial charge is 0.223 e. The molecule has 0 aromatic carbocycles. The Labute approximate surface area is 162 Å². The quantitative estimate of drug-likeness (QED) is 0.795. The van der Waals surface area contributed by atoms with Gasteiger partial charge in [0.2, 0.25) is 15.9 Å². The number of nitrogens with zero attached hydrogens (tertiary/aromatic N) is 3. The van der Waals surface area contributed by atoms with E-state index in [9.17, 15) is 13.2 Å². The summed E-state index contributed by atoms with van der Waals surface area (Å²) in [5.74, 6) is 1.00. The summed E-state index contributed by atoms with van der Waals surface area (Å²) in [6, 6.07) is 3.99. The van der Waals surface area contributed by atoms with Crippen LogP contribution >= 0.6 is 0 Å². The number of hydrogen-bond acceptors (Lipinski definition) is 5. The summed E-state index contributed by atoms with van der Waals surface area (Å²) < 4.78 is 25.3. The van der Waals surface area contributed by atoms with Crippen LogP contribution in [0.1, 0.15) is 44.6 Å². The summed E-state index contributed by atoms with van der Waals surface area (Å²) in [4.78, 5) is 19.3. The van der Waals surface area contributed by atoms with Crippen molar-refractivity contribution < 1.29 is 13.2 Å². The molecular weight excluding hydrogens is 364 g/mol. The molecule has 27 heavy (non-hydrogen) atoms. The maximum atomic E-state index is 12.5. The molecule has 1 aromatic heterocycles. The molecule has 0 spiro atoms. The van der Waals surface area contributed by atoms with Crippen LogP contribution in [0.15, 0.2) is 18.3 Å². The summed E-state index contributed by atoms with van der Waals surface area (Å²) in [7, 11) is -3.15. The zero-order chi connectivity index (χ0) is 19.3. The van der Waals surface area contributed by atoms with Crippen LogP contribution in [0.2, 0.25) is 0 Å². The number of nitrogens with one attached hydrogen (secondary N) is 1. The molecule has 0 bridgehead atoms. The number of hydrogen-bond donors (Lipinski definition) is 1. The van der Waals surface area contributed by atoms with Crippen molar-refractivity contribution >= 4 is 21.7 Å². The highest BCUT2D eigenvalue weighted by Gasteiger charge is 2.30. The van der Waals surface area contributed by atoms with Crippen molar-refractivity contribution in [3.63, 3.8) is 0 Å². The third-order valence-corrected chi connectivity index (χ3v) is 7.42. The molecule has 0 radical (unpaired) electrons. The maximum absolute atomic E-state index is 12.5. The zero-order valence-electron chi connectivity index (χ0n) is 16.1. The van der Waals surface area contributed by atoms with Gasteiger partial charge in [-0.25, -0.2) is 17.7 Å². The van der Waals surface area contributed by atoms with Crippen molar-refractivity contribution in [1.29, 1.82) is 0 Å². The van der Waals surface area contributed by atoms with Crippen molar-refractivity contribution in [2.24, 2.45) is 5.92 Å². The van der Waals surface area contributed by atoms with Gasteiger partial charge in [0.15, 0.2) is 0 Å². The number of rotatable bonds is 6. The van der Waals surface area contributed by atoms with Gasteiger partial charge in [-0.1, -0.05) is 0 Å². The standard InChI is InChI=1S/C19H30N4O3S/c1-2-27(25,26)23-12-7-17(8-13-23)19(24)21-15-16-6-9-20-18(14-16)22-10-4-3-5-11-22/h6,9,14,17H,2-5,7-8,10-13,15H2,1H3,(H,21,24). The van der Waals surface area contributed by atoms with E-state index in [0.717, 1.165) is 24.5 Å². The molecule has 8 heteroatoms. The lowest BCUT2D eigenvalue weighted by Crippen LogP contribution is -2.43. The minimum Gasteiger partial charge on any atom is -0.357 e. The van der Waals surface area contributed by atoms with Crippen LogP contribution in [0.3, 0.4) is 0 Å². The van der Waals surface area contributed by atoms with Crippen LogP contribution in [0.5, 0.6) is 0 Å². The average Bonchev–Trinajstić information content (AvgIpc) is 2.73. The molecule has 2 aliphatic rings. The highest BCUT2D eigenvalue weighted by Crippen LogP contribution is 2.21. The van der Waals surface area contributed by atoms with E-state index in [1.807, 2.05) is 6.07 Å². The fraction of sp³-hybridized carbons (Fsp3) is 0.684. The third-order valence-electron chi connectivity index (χ3n) is 5.54. The number of anilines is 1. The van der Waals surface area contributed by atoms with E-state index in [1.165, 1.54) is 23.6 Å². The number of amides is 1. The molecule has 3 heterocycles. The lowest BCUT2D eigenvalue weighted by Gasteiger charge is -2.30. The predicted octanol–water partition coefficient (Wildman–Crippen LogP) is 1.75. The fourth-order valence-electron chi connectivity index (χ4n) is 3.78. The largest absolute Gasteiger partial charge is 0.357 e. The lowest BCUT2D eigenvalue weighted by atomic mass is 9.97. The Hall–Kier alpha value is -1.67. The first kappa shape index (κ1) is 20.1. The van der Waals surface area contributed by atoms with E-state index >= 15 is 0 Å². The van der Waals surface area contributed by atoms with Crippen molar-refractivity contribution in [1.82, 2.24) is 14.6 Å². The van der Waals surface area contributed by atoms with E-state index in [2.05, 4.69) is 21.3 Å². The number of sulfonamides is 1. The van der Waals surface area contributed by atoms with Gasteiger partial charge in [-0.3, -0.25) is 4.79 Å². The van der Waals surface area contributed by atoms with Crippen molar-refractivity contribution in [2.45, 2.75) is 45.6 Å². The van der Waals surface area contributed by atoms with Gasteiger partial charge < -0.3 is 10.2 Å². The molecule has 7 nitrogen and oxygen atoms in total. The van der Waals surface area contributed by atoms with E-state index in [4.69, 9.17) is 0 Å². The molecular formula is C19H30N4O3S. The molecule has 0 atom stereocenters. The Morgan fingerprint density at radius 1 is 1.19 bits per heavy atom. The molecule has 1 aromatic rings. The second-order valence-electron chi connectivity index (χ2n) is 7.36. The highest BCUT2D eigenvalue weighted by atomic mass is 32.2. The number of carbonyl (C=O) groups is 1. The van der Waals surface area contributed by atoms with Crippen molar-refractivity contribution in [3.05, 3.63) is 23.9 Å². The topological polar surface area (TPSA) is 82.6 Å². The fourth-order valence-corrected chi connectivity index (χ4v) is 4.91. The monoisotopic (exact) mass is 394 g/mol. The Morgan fingerprint density at radius 3 is 2.56 bits per heavy atom. The summed E-state index contributed by atoms with van der Waals surface area (Å²) in [5.41, 5.74) is 1.05. The Bertz CT molecular complexity index is 739. The first-order chi connectivity index (χ1) is 13.0. The minimum absolute atomic E-state index is 0.0138. The third kappa shape index (κ3) is 5.19. The highest BCUT2D eigenvalue weighted by molar-refractivity contribution is 7.89. The molecule has 0 aliphatic carbocycles. The van der Waals surface area contributed by atoms with Gasteiger partial charge in [0.1, 0.15) is 5.82 Å². The molecule has 0 unspecified atom stereocenters. The number of piperidine rings is 2.